The fourth-order valence-electron chi connectivity index (χ4n) is 3.31. The van der Waals surface area contributed by atoms with E-state index in [-0.39, 0.29) is 5.91 Å². The maximum Gasteiger partial charge on any atom is 0.238 e. The summed E-state index contributed by atoms with van der Waals surface area (Å²) in [7, 11) is 2.05. The summed E-state index contributed by atoms with van der Waals surface area (Å²) < 4.78 is 0. The lowest BCUT2D eigenvalue weighted by Crippen LogP contribution is -2.37. The second-order valence-corrected chi connectivity index (χ2v) is 6.95. The van der Waals surface area contributed by atoms with Gasteiger partial charge in [0.2, 0.25) is 5.91 Å². The van der Waals surface area contributed by atoms with E-state index >= 15 is 0 Å². The minimum atomic E-state index is 0.0144. The molecule has 0 bridgehead atoms. The van der Waals surface area contributed by atoms with Gasteiger partial charge in [0.15, 0.2) is 0 Å². The monoisotopic (exact) mass is 322 g/mol. The van der Waals surface area contributed by atoms with Crippen molar-refractivity contribution in [3.05, 3.63) is 28.3 Å². The van der Waals surface area contributed by atoms with Crippen LogP contribution in [0, 0.1) is 13.8 Å². The summed E-state index contributed by atoms with van der Waals surface area (Å²) in [6.45, 7) is 4.40. The van der Waals surface area contributed by atoms with Crippen molar-refractivity contribution >= 4 is 23.2 Å². The lowest BCUT2D eigenvalue weighted by molar-refractivity contribution is -0.117. The highest BCUT2D eigenvalue weighted by Gasteiger charge is 2.19. The van der Waals surface area contributed by atoms with E-state index in [1.54, 1.807) is 0 Å². The Morgan fingerprint density at radius 3 is 2.45 bits per heavy atom. The number of aryl methyl sites for hydroxylation is 2. The van der Waals surface area contributed by atoms with Crippen LogP contribution in [-0.2, 0) is 4.79 Å². The number of hydrogen-bond donors (Lipinski definition) is 1. The molecule has 3 nitrogen and oxygen atoms in total. The molecule has 0 unspecified atom stereocenters. The van der Waals surface area contributed by atoms with Gasteiger partial charge < -0.3 is 5.32 Å². The van der Waals surface area contributed by atoms with Crippen LogP contribution in [0.1, 0.15) is 49.7 Å². The SMILES string of the molecule is Cc1cc(C)c(NC(=O)CN(C)C2CCCCCC2)c(Cl)c1. The number of carbonyl (C=O) groups is 1. The Kier molecular flexibility index (Phi) is 6.27. The molecule has 0 aliphatic heterocycles. The zero-order chi connectivity index (χ0) is 16.1. The molecular weight excluding hydrogens is 296 g/mol. The smallest absolute Gasteiger partial charge is 0.238 e. The fraction of sp³-hybridized carbons (Fsp3) is 0.611. The molecule has 22 heavy (non-hydrogen) atoms. The predicted octanol–water partition coefficient (Wildman–Crippen LogP) is 4.55. The molecule has 1 fully saturated rings. The Balaban J connectivity index is 1.95. The van der Waals surface area contributed by atoms with Crippen LogP contribution >= 0.6 is 11.6 Å². The molecule has 4 heteroatoms. The summed E-state index contributed by atoms with van der Waals surface area (Å²) in [5.41, 5.74) is 2.86. The topological polar surface area (TPSA) is 32.3 Å². The van der Waals surface area contributed by atoms with Crippen molar-refractivity contribution in [3.8, 4) is 0 Å². The second-order valence-electron chi connectivity index (χ2n) is 6.55. The molecule has 2 rings (SSSR count). The average molecular weight is 323 g/mol. The molecule has 1 amide bonds. The number of rotatable bonds is 4. The van der Waals surface area contributed by atoms with Gasteiger partial charge in [0, 0.05) is 6.04 Å². The predicted molar refractivity (Wildman–Crippen MR) is 93.7 cm³/mol. The van der Waals surface area contributed by atoms with E-state index < -0.39 is 0 Å². The van der Waals surface area contributed by atoms with Crippen molar-refractivity contribution in [2.45, 2.75) is 58.4 Å². The maximum atomic E-state index is 12.3. The highest BCUT2D eigenvalue weighted by molar-refractivity contribution is 6.34. The van der Waals surface area contributed by atoms with Crippen LogP contribution in [0.3, 0.4) is 0 Å². The lowest BCUT2D eigenvalue weighted by atomic mass is 10.1. The number of benzene rings is 1. The van der Waals surface area contributed by atoms with Gasteiger partial charge >= 0.3 is 0 Å². The van der Waals surface area contributed by atoms with Gasteiger partial charge in [-0.25, -0.2) is 0 Å². The number of likely N-dealkylation sites (N-methyl/N-ethyl adjacent to an activating group) is 1. The first-order valence-electron chi connectivity index (χ1n) is 8.24. The minimum absolute atomic E-state index is 0.0144. The first-order valence-corrected chi connectivity index (χ1v) is 8.62. The van der Waals surface area contributed by atoms with E-state index in [4.69, 9.17) is 11.6 Å². The molecule has 0 atom stereocenters. The number of nitrogens with zero attached hydrogens (tertiary/aromatic N) is 1. The molecule has 0 spiro atoms. The Bertz CT molecular complexity index is 499. The first-order chi connectivity index (χ1) is 10.5. The van der Waals surface area contributed by atoms with Crippen molar-refractivity contribution in [3.63, 3.8) is 0 Å². The van der Waals surface area contributed by atoms with Crippen LogP contribution in [0.4, 0.5) is 5.69 Å². The van der Waals surface area contributed by atoms with Crippen LogP contribution in [0.5, 0.6) is 0 Å². The van der Waals surface area contributed by atoms with E-state index in [0.717, 1.165) is 16.8 Å². The average Bonchev–Trinajstić information content (AvgIpc) is 2.71. The van der Waals surface area contributed by atoms with Crippen LogP contribution < -0.4 is 5.32 Å². The molecule has 0 aromatic heterocycles. The maximum absolute atomic E-state index is 12.3. The molecule has 122 valence electrons. The number of halogens is 1. The number of carbonyl (C=O) groups excluding carboxylic acids is 1. The molecule has 0 saturated heterocycles. The van der Waals surface area contributed by atoms with E-state index in [9.17, 15) is 4.79 Å². The highest BCUT2D eigenvalue weighted by atomic mass is 35.5. The quantitative estimate of drug-likeness (QED) is 0.825. The zero-order valence-electron chi connectivity index (χ0n) is 13.9. The van der Waals surface area contributed by atoms with Crippen molar-refractivity contribution < 1.29 is 4.79 Å². The van der Waals surface area contributed by atoms with Gasteiger partial charge in [0.1, 0.15) is 0 Å². The van der Waals surface area contributed by atoms with Crippen LogP contribution in [0.2, 0.25) is 5.02 Å². The summed E-state index contributed by atoms with van der Waals surface area (Å²) in [5.74, 6) is 0.0144. The van der Waals surface area contributed by atoms with Crippen molar-refractivity contribution in [2.75, 3.05) is 18.9 Å². The molecule has 0 radical (unpaired) electrons. The summed E-state index contributed by atoms with van der Waals surface area (Å²) >= 11 is 6.26. The third kappa shape index (κ3) is 4.72. The van der Waals surface area contributed by atoms with E-state index in [2.05, 4.69) is 17.3 Å². The first kappa shape index (κ1) is 17.3. The zero-order valence-corrected chi connectivity index (χ0v) is 14.7. The molecule has 1 N–H and O–H groups in total. The molecule has 1 saturated carbocycles. The Morgan fingerprint density at radius 2 is 1.86 bits per heavy atom. The molecule has 1 aliphatic rings. The van der Waals surface area contributed by atoms with Crippen LogP contribution in [0.15, 0.2) is 12.1 Å². The summed E-state index contributed by atoms with van der Waals surface area (Å²) in [6.07, 6.45) is 7.62. The molecule has 0 heterocycles. The number of hydrogen-bond acceptors (Lipinski definition) is 2. The number of anilines is 1. The fourth-order valence-corrected chi connectivity index (χ4v) is 3.68. The van der Waals surface area contributed by atoms with Crippen LogP contribution in [0.25, 0.3) is 0 Å². The molecule has 1 aliphatic carbocycles. The normalized spacial score (nSPS) is 16.6. The summed E-state index contributed by atoms with van der Waals surface area (Å²) in [6, 6.07) is 4.46. The Labute approximate surface area is 139 Å². The van der Waals surface area contributed by atoms with Gasteiger partial charge in [0.05, 0.1) is 17.3 Å². The van der Waals surface area contributed by atoms with Gasteiger partial charge in [-0.15, -0.1) is 0 Å². The van der Waals surface area contributed by atoms with E-state index in [0.29, 0.717) is 17.6 Å². The van der Waals surface area contributed by atoms with Crippen molar-refractivity contribution in [1.29, 1.82) is 0 Å². The lowest BCUT2D eigenvalue weighted by Gasteiger charge is -2.26. The van der Waals surface area contributed by atoms with Crippen molar-refractivity contribution in [2.24, 2.45) is 0 Å². The Morgan fingerprint density at radius 1 is 1.23 bits per heavy atom. The van der Waals surface area contributed by atoms with Crippen LogP contribution in [-0.4, -0.2) is 30.4 Å². The number of amides is 1. The van der Waals surface area contributed by atoms with Crippen molar-refractivity contribution in [1.82, 2.24) is 4.90 Å². The van der Waals surface area contributed by atoms with Gasteiger partial charge in [-0.1, -0.05) is 43.4 Å². The second kappa shape index (κ2) is 7.98. The largest absolute Gasteiger partial charge is 0.323 e. The van der Waals surface area contributed by atoms with Gasteiger partial charge in [-0.2, -0.15) is 0 Å². The number of nitrogens with one attached hydrogen (secondary N) is 1. The summed E-state index contributed by atoms with van der Waals surface area (Å²) in [5, 5.41) is 3.59. The van der Waals surface area contributed by atoms with E-state index in [1.165, 1.54) is 38.5 Å². The molecular formula is C18H27ClN2O. The Hall–Kier alpha value is -1.06. The van der Waals surface area contributed by atoms with Gasteiger partial charge in [0.25, 0.3) is 0 Å². The molecule has 1 aromatic rings. The third-order valence-corrected chi connectivity index (χ3v) is 4.84. The third-order valence-electron chi connectivity index (χ3n) is 4.54. The summed E-state index contributed by atoms with van der Waals surface area (Å²) in [4.78, 5) is 14.5. The van der Waals surface area contributed by atoms with Gasteiger partial charge in [-0.3, -0.25) is 9.69 Å². The molecule has 1 aromatic carbocycles. The van der Waals surface area contributed by atoms with Gasteiger partial charge in [-0.05, 0) is 50.9 Å². The minimum Gasteiger partial charge on any atom is -0.323 e. The standard InChI is InChI=1S/C18H27ClN2O/c1-13-10-14(2)18(16(19)11-13)20-17(22)12-21(3)15-8-6-4-5-7-9-15/h10-11,15H,4-9,12H2,1-3H3,(H,20,22). The highest BCUT2D eigenvalue weighted by Crippen LogP contribution is 2.27. The van der Waals surface area contributed by atoms with E-state index in [1.807, 2.05) is 26.0 Å².